The molecular formula is C12H32S. The smallest absolute Gasteiger partial charge is 0.0215 e. The summed E-state index contributed by atoms with van der Waals surface area (Å²) in [6.45, 7) is 12.7. The molecule has 0 aliphatic heterocycles. The number of hydrogen-bond acceptors (Lipinski definition) is 1. The number of thiol groups is 1. The van der Waals surface area contributed by atoms with Crippen molar-refractivity contribution in [2.75, 3.05) is 6.26 Å². The van der Waals surface area contributed by atoms with Gasteiger partial charge in [0.1, 0.15) is 0 Å². The lowest BCUT2D eigenvalue weighted by Gasteiger charge is -1.86. The summed E-state index contributed by atoms with van der Waals surface area (Å²) in [4.78, 5) is 0. The van der Waals surface area contributed by atoms with Gasteiger partial charge in [-0.05, 0) is 6.26 Å². The van der Waals surface area contributed by atoms with Crippen LogP contribution in [-0.4, -0.2) is 6.26 Å². The third kappa shape index (κ3) is 118. The molecule has 13 heavy (non-hydrogen) atoms. The van der Waals surface area contributed by atoms with Crippen LogP contribution in [0.2, 0.25) is 0 Å². The zero-order valence-corrected chi connectivity index (χ0v) is 11.9. The van der Waals surface area contributed by atoms with Gasteiger partial charge >= 0.3 is 0 Å². The summed E-state index contributed by atoms with van der Waals surface area (Å²) >= 11 is 3.53. The van der Waals surface area contributed by atoms with Crippen LogP contribution in [-0.2, 0) is 0 Å². The summed E-state index contributed by atoms with van der Waals surface area (Å²) < 4.78 is 0. The quantitative estimate of drug-likeness (QED) is 0.454. The van der Waals surface area contributed by atoms with Crippen molar-refractivity contribution < 1.29 is 0 Å². The topological polar surface area (TPSA) is 0 Å². The van der Waals surface area contributed by atoms with Crippen LogP contribution in [0.4, 0.5) is 0 Å². The first kappa shape index (κ1) is 23.3. The summed E-state index contributed by atoms with van der Waals surface area (Å²) in [5.41, 5.74) is 0. The Kier molecular flexibility index (Phi) is 99.6. The average Bonchev–Trinajstić information content (AvgIpc) is 2.22. The molecule has 0 unspecified atom stereocenters. The van der Waals surface area contributed by atoms with E-state index >= 15 is 0 Å². The molecule has 0 aliphatic rings. The molecule has 0 N–H and O–H groups in total. The highest BCUT2D eigenvalue weighted by molar-refractivity contribution is 7.79. The highest BCUT2D eigenvalue weighted by Crippen LogP contribution is 1.95. The Morgan fingerprint density at radius 2 is 0.846 bits per heavy atom. The van der Waals surface area contributed by atoms with Gasteiger partial charge in [0.15, 0.2) is 0 Å². The molecular weight excluding hydrogens is 176 g/mol. The molecule has 0 rings (SSSR count). The van der Waals surface area contributed by atoms with E-state index in [0.717, 1.165) is 0 Å². The van der Waals surface area contributed by atoms with Crippen LogP contribution in [0.15, 0.2) is 0 Å². The van der Waals surface area contributed by atoms with Gasteiger partial charge in [0.05, 0.1) is 0 Å². The molecule has 0 aromatic rings. The van der Waals surface area contributed by atoms with Crippen LogP contribution < -0.4 is 0 Å². The normalized spacial score (nSPS) is 6.46. The second-order valence-electron chi connectivity index (χ2n) is 2.41. The van der Waals surface area contributed by atoms with Crippen molar-refractivity contribution in [2.45, 2.75) is 73.6 Å². The molecule has 0 amide bonds. The molecule has 0 fully saturated rings. The lowest BCUT2D eigenvalue weighted by molar-refractivity contribution is 0.702. The predicted molar refractivity (Wildman–Crippen MR) is 72.0 cm³/mol. The Morgan fingerprint density at radius 3 is 0.923 bits per heavy atom. The molecule has 0 spiro atoms. The molecule has 0 saturated heterocycles. The monoisotopic (exact) mass is 208 g/mol. The van der Waals surface area contributed by atoms with Crippen molar-refractivity contribution in [3.63, 3.8) is 0 Å². The van der Waals surface area contributed by atoms with Crippen LogP contribution >= 0.6 is 12.6 Å². The van der Waals surface area contributed by atoms with Crippen molar-refractivity contribution in [1.29, 1.82) is 0 Å². The molecule has 0 aromatic heterocycles. The second kappa shape index (κ2) is 55.6. The van der Waals surface area contributed by atoms with Gasteiger partial charge in [0.25, 0.3) is 0 Å². The van der Waals surface area contributed by atoms with Crippen LogP contribution in [0.3, 0.4) is 0 Å². The molecule has 0 aliphatic carbocycles. The molecule has 86 valence electrons. The average molecular weight is 208 g/mol. The van der Waals surface area contributed by atoms with Crippen molar-refractivity contribution in [3.8, 4) is 0 Å². The van der Waals surface area contributed by atoms with Gasteiger partial charge in [-0.25, -0.2) is 0 Å². The molecule has 0 nitrogen and oxygen atoms in total. The third-order valence-corrected chi connectivity index (χ3v) is 0.957. The van der Waals surface area contributed by atoms with Crippen LogP contribution in [0.5, 0.6) is 0 Å². The number of unbranched alkanes of at least 4 members (excludes halogenated alkanes) is 3. The Balaban J connectivity index is -0.0000000493. The highest BCUT2D eigenvalue weighted by atomic mass is 32.1. The van der Waals surface area contributed by atoms with Crippen LogP contribution in [0.25, 0.3) is 0 Å². The second-order valence-corrected chi connectivity index (χ2v) is 2.41. The molecule has 0 saturated carbocycles. The maximum Gasteiger partial charge on any atom is -0.0215 e. The van der Waals surface area contributed by atoms with E-state index in [2.05, 4.69) is 40.3 Å². The molecule has 0 aromatic carbocycles. The van der Waals surface area contributed by atoms with Gasteiger partial charge in [-0.1, -0.05) is 73.6 Å². The minimum atomic E-state index is 1.25. The van der Waals surface area contributed by atoms with Gasteiger partial charge < -0.3 is 0 Å². The maximum atomic E-state index is 3.53. The van der Waals surface area contributed by atoms with Crippen LogP contribution in [0.1, 0.15) is 73.6 Å². The van der Waals surface area contributed by atoms with E-state index in [4.69, 9.17) is 0 Å². The summed E-state index contributed by atoms with van der Waals surface area (Å²) in [6.07, 6.45) is 8.48. The standard InChI is InChI=1S/C6H14.C3H8.C2H6.CH4S/c1-3-5-6-4-2;1-3-2;2*1-2/h3-6H2,1-2H3;3H2,1-2H3;1-2H3;2H,1H3. The molecule has 1 heteroatoms. The fourth-order valence-electron chi connectivity index (χ4n) is 0.500. The van der Waals surface area contributed by atoms with E-state index in [1.165, 1.54) is 32.1 Å². The van der Waals surface area contributed by atoms with E-state index in [0.29, 0.717) is 0 Å². The minimum absolute atomic E-state index is 1.25. The van der Waals surface area contributed by atoms with Crippen molar-refractivity contribution in [1.82, 2.24) is 0 Å². The Bertz CT molecular complexity index is 24.3. The zero-order chi connectivity index (χ0) is 11.5. The Morgan fingerprint density at radius 1 is 0.692 bits per heavy atom. The van der Waals surface area contributed by atoms with Gasteiger partial charge in [-0.3, -0.25) is 0 Å². The predicted octanol–water partition coefficient (Wildman–Crippen LogP) is 5.58. The van der Waals surface area contributed by atoms with Crippen molar-refractivity contribution >= 4 is 12.6 Å². The third-order valence-electron chi connectivity index (χ3n) is 0.957. The summed E-state index contributed by atoms with van der Waals surface area (Å²) in [5, 5.41) is 0. The lowest BCUT2D eigenvalue weighted by Crippen LogP contribution is -1.66. The van der Waals surface area contributed by atoms with E-state index in [1.807, 2.05) is 13.8 Å². The SMILES string of the molecule is CC.CCC.CCCCCC.CS. The summed E-state index contributed by atoms with van der Waals surface area (Å²) in [5.74, 6) is 0. The van der Waals surface area contributed by atoms with Gasteiger partial charge in [-0.15, -0.1) is 0 Å². The molecule has 0 heterocycles. The first-order chi connectivity index (χ1) is 6.33. The van der Waals surface area contributed by atoms with Gasteiger partial charge in [0, 0.05) is 0 Å². The fourth-order valence-corrected chi connectivity index (χ4v) is 0.500. The number of hydrogen-bond donors (Lipinski definition) is 1. The van der Waals surface area contributed by atoms with E-state index < -0.39 is 0 Å². The number of rotatable bonds is 3. The first-order valence-electron chi connectivity index (χ1n) is 5.78. The Labute approximate surface area is 92.9 Å². The van der Waals surface area contributed by atoms with Crippen molar-refractivity contribution in [3.05, 3.63) is 0 Å². The highest BCUT2D eigenvalue weighted by Gasteiger charge is 1.75. The van der Waals surface area contributed by atoms with Gasteiger partial charge in [0.2, 0.25) is 0 Å². The molecule has 0 radical (unpaired) electrons. The molecule has 0 atom stereocenters. The summed E-state index contributed by atoms with van der Waals surface area (Å²) in [7, 11) is 0. The first-order valence-corrected chi connectivity index (χ1v) is 6.67. The van der Waals surface area contributed by atoms with E-state index in [9.17, 15) is 0 Å². The van der Waals surface area contributed by atoms with Crippen molar-refractivity contribution in [2.24, 2.45) is 0 Å². The lowest BCUT2D eigenvalue weighted by atomic mass is 10.2. The van der Waals surface area contributed by atoms with Gasteiger partial charge in [-0.2, -0.15) is 12.6 Å². The minimum Gasteiger partial charge on any atom is -0.183 e. The maximum absolute atomic E-state index is 3.53. The molecule has 0 bridgehead atoms. The van der Waals surface area contributed by atoms with E-state index in [1.54, 1.807) is 6.26 Å². The van der Waals surface area contributed by atoms with E-state index in [-0.39, 0.29) is 0 Å². The fraction of sp³-hybridized carbons (Fsp3) is 1.00. The zero-order valence-electron chi connectivity index (χ0n) is 11.0. The largest absolute Gasteiger partial charge is 0.183 e. The summed E-state index contributed by atoms with van der Waals surface area (Å²) in [6, 6.07) is 0. The Hall–Kier alpha value is 0.350. The van der Waals surface area contributed by atoms with Crippen LogP contribution in [0, 0.1) is 0 Å².